The molecule has 0 aromatic heterocycles. The van der Waals surface area contributed by atoms with Gasteiger partial charge >= 0.3 is 5.97 Å². The molecule has 0 spiro atoms. The maximum Gasteiger partial charge on any atom is 0.327 e. The number of nitrogens with two attached hydrogens (primary N) is 3. The lowest BCUT2D eigenvalue weighted by Crippen LogP contribution is -2.41. The highest BCUT2D eigenvalue weighted by molar-refractivity contribution is 5.90. The number of carbonyl (C=O) groups is 2. The molecule has 1 unspecified atom stereocenters. The number of carboxylic acid groups (broad SMARTS) is 1. The molecule has 0 aliphatic heterocycles. The lowest BCUT2D eigenvalue weighted by Gasteiger charge is -2.18. The molecule has 7 heteroatoms. The predicted octanol–water partition coefficient (Wildman–Crippen LogP) is -2.08. The molecule has 0 aliphatic rings. The Morgan fingerprint density at radius 2 is 1.92 bits per heavy atom. The van der Waals surface area contributed by atoms with Crippen LogP contribution in [0.4, 0.5) is 0 Å². The Hall–Kier alpha value is -1.76. The van der Waals surface area contributed by atoms with Crippen LogP contribution in [0, 0.1) is 0 Å². The van der Waals surface area contributed by atoms with Gasteiger partial charge in [0.25, 0.3) is 5.91 Å². The molecule has 0 aromatic rings. The minimum Gasteiger partial charge on any atom is -0.480 e. The van der Waals surface area contributed by atoms with E-state index in [4.69, 9.17) is 22.4 Å². The van der Waals surface area contributed by atoms with E-state index in [2.05, 4.69) is 0 Å². The second-order valence-electron chi connectivity index (χ2n) is 2.41. The molecule has 0 aromatic carbocycles. The maximum absolute atomic E-state index is 10.4. The Morgan fingerprint density at radius 3 is 2.23 bits per heavy atom. The number of hydrogen-bond acceptors (Lipinski definition) is 5. The van der Waals surface area contributed by atoms with Crippen LogP contribution in [0.1, 0.15) is 6.92 Å². The SMILES string of the molecule is CC(C(=O)O)N(N)/C=C(\N)C(N)=O. The molecule has 13 heavy (non-hydrogen) atoms. The van der Waals surface area contributed by atoms with Gasteiger partial charge in [0, 0.05) is 6.20 Å². The van der Waals surface area contributed by atoms with Crippen LogP contribution >= 0.6 is 0 Å². The highest BCUT2D eigenvalue weighted by Gasteiger charge is 2.15. The number of hydrogen-bond donors (Lipinski definition) is 4. The monoisotopic (exact) mass is 188 g/mol. The van der Waals surface area contributed by atoms with Crippen molar-refractivity contribution < 1.29 is 14.7 Å². The third kappa shape index (κ3) is 3.43. The zero-order chi connectivity index (χ0) is 10.6. The summed E-state index contributed by atoms with van der Waals surface area (Å²) in [4.78, 5) is 20.8. The number of carbonyl (C=O) groups excluding carboxylic acids is 1. The molecule has 74 valence electrons. The van der Waals surface area contributed by atoms with Crippen molar-refractivity contribution in [3.8, 4) is 0 Å². The third-order valence-corrected chi connectivity index (χ3v) is 1.38. The predicted molar refractivity (Wildman–Crippen MR) is 44.6 cm³/mol. The number of carboxylic acids is 1. The first-order chi connectivity index (χ1) is 5.86. The first-order valence-electron chi connectivity index (χ1n) is 3.39. The summed E-state index contributed by atoms with van der Waals surface area (Å²) in [6, 6.07) is -0.974. The summed E-state index contributed by atoms with van der Waals surface area (Å²) in [6.45, 7) is 1.34. The van der Waals surface area contributed by atoms with Crippen molar-refractivity contribution in [2.45, 2.75) is 13.0 Å². The standard InChI is InChI=1S/C6H12N4O3/c1-3(6(12)13)10(9)2-4(7)5(8)11/h2-3H,7,9H2,1H3,(H2,8,11)(H,12,13)/b4-2-. The van der Waals surface area contributed by atoms with E-state index in [-0.39, 0.29) is 5.70 Å². The summed E-state index contributed by atoms with van der Waals surface area (Å²) >= 11 is 0. The van der Waals surface area contributed by atoms with Gasteiger partial charge in [-0.3, -0.25) is 4.79 Å². The summed E-state index contributed by atoms with van der Waals surface area (Å²) < 4.78 is 0. The van der Waals surface area contributed by atoms with E-state index in [0.29, 0.717) is 0 Å². The van der Waals surface area contributed by atoms with Crippen LogP contribution in [0.2, 0.25) is 0 Å². The second kappa shape index (κ2) is 4.31. The van der Waals surface area contributed by atoms with Crippen molar-refractivity contribution in [3.63, 3.8) is 0 Å². The summed E-state index contributed by atoms with van der Waals surface area (Å²) in [6.07, 6.45) is 0.973. The van der Waals surface area contributed by atoms with Gasteiger partial charge in [0.15, 0.2) is 0 Å². The Bertz CT molecular complexity index is 250. The molecule has 0 aliphatic carbocycles. The molecule has 0 saturated carbocycles. The fourth-order valence-electron chi connectivity index (χ4n) is 0.464. The van der Waals surface area contributed by atoms with E-state index >= 15 is 0 Å². The largest absolute Gasteiger partial charge is 0.480 e. The van der Waals surface area contributed by atoms with Crippen LogP contribution in [-0.2, 0) is 9.59 Å². The zero-order valence-electron chi connectivity index (χ0n) is 7.10. The summed E-state index contributed by atoms with van der Waals surface area (Å²) in [7, 11) is 0. The number of hydrazine groups is 1. The van der Waals surface area contributed by atoms with Gasteiger partial charge in [0.2, 0.25) is 0 Å². The second-order valence-corrected chi connectivity index (χ2v) is 2.41. The van der Waals surface area contributed by atoms with Crippen molar-refractivity contribution in [3.05, 3.63) is 11.9 Å². The van der Waals surface area contributed by atoms with Crippen LogP contribution in [0.25, 0.3) is 0 Å². The van der Waals surface area contributed by atoms with E-state index in [1.165, 1.54) is 6.92 Å². The number of primary amides is 1. The smallest absolute Gasteiger partial charge is 0.327 e. The number of amides is 1. The van der Waals surface area contributed by atoms with E-state index in [9.17, 15) is 9.59 Å². The Kier molecular flexibility index (Phi) is 3.73. The van der Waals surface area contributed by atoms with E-state index < -0.39 is 17.9 Å². The highest BCUT2D eigenvalue weighted by Crippen LogP contribution is 1.94. The van der Waals surface area contributed by atoms with Gasteiger partial charge in [0.05, 0.1) is 0 Å². The average Bonchev–Trinajstić information content (AvgIpc) is 2.02. The zero-order valence-corrected chi connectivity index (χ0v) is 7.10. The van der Waals surface area contributed by atoms with Crippen molar-refractivity contribution in [1.29, 1.82) is 0 Å². The van der Waals surface area contributed by atoms with E-state index in [0.717, 1.165) is 11.2 Å². The molecule has 0 rings (SSSR count). The lowest BCUT2D eigenvalue weighted by atomic mass is 10.3. The molecule has 0 saturated heterocycles. The highest BCUT2D eigenvalue weighted by atomic mass is 16.4. The Labute approximate surface area is 74.7 Å². The quantitative estimate of drug-likeness (QED) is 0.227. The fourth-order valence-corrected chi connectivity index (χ4v) is 0.464. The van der Waals surface area contributed by atoms with Crippen LogP contribution in [0.15, 0.2) is 11.9 Å². The van der Waals surface area contributed by atoms with Gasteiger partial charge in [-0.2, -0.15) is 0 Å². The topological polar surface area (TPSA) is 136 Å². The third-order valence-electron chi connectivity index (χ3n) is 1.38. The van der Waals surface area contributed by atoms with E-state index in [1.807, 2.05) is 0 Å². The van der Waals surface area contributed by atoms with Gasteiger partial charge in [0.1, 0.15) is 11.7 Å². The first kappa shape index (κ1) is 11.2. The van der Waals surface area contributed by atoms with Crippen LogP contribution in [0.5, 0.6) is 0 Å². The number of rotatable bonds is 4. The van der Waals surface area contributed by atoms with Crippen LogP contribution in [-0.4, -0.2) is 28.0 Å². The molecule has 7 nitrogen and oxygen atoms in total. The van der Waals surface area contributed by atoms with Crippen molar-refractivity contribution in [1.82, 2.24) is 5.01 Å². The molecule has 0 heterocycles. The minimum atomic E-state index is -1.13. The molecule has 0 bridgehead atoms. The fraction of sp³-hybridized carbons (Fsp3) is 0.333. The van der Waals surface area contributed by atoms with Gasteiger partial charge in [-0.05, 0) is 6.92 Å². The maximum atomic E-state index is 10.4. The first-order valence-corrected chi connectivity index (χ1v) is 3.39. The molecule has 1 amide bonds. The molecule has 7 N–H and O–H groups in total. The normalized spacial score (nSPS) is 13.5. The van der Waals surface area contributed by atoms with E-state index in [1.54, 1.807) is 0 Å². The van der Waals surface area contributed by atoms with Crippen molar-refractivity contribution in [2.24, 2.45) is 17.3 Å². The molecule has 1 atom stereocenters. The van der Waals surface area contributed by atoms with Crippen LogP contribution < -0.4 is 17.3 Å². The number of aliphatic carboxylic acids is 1. The molecule has 0 fully saturated rings. The minimum absolute atomic E-state index is 0.296. The average molecular weight is 188 g/mol. The van der Waals surface area contributed by atoms with Gasteiger partial charge < -0.3 is 21.6 Å². The number of nitrogens with zero attached hydrogens (tertiary/aromatic N) is 1. The summed E-state index contributed by atoms with van der Waals surface area (Å²) in [5.74, 6) is 3.26. The molecular weight excluding hydrogens is 176 g/mol. The van der Waals surface area contributed by atoms with Gasteiger partial charge in [-0.1, -0.05) is 0 Å². The van der Waals surface area contributed by atoms with Crippen molar-refractivity contribution in [2.75, 3.05) is 0 Å². The summed E-state index contributed by atoms with van der Waals surface area (Å²) in [5.41, 5.74) is 9.63. The van der Waals surface area contributed by atoms with Crippen LogP contribution in [0.3, 0.4) is 0 Å². The van der Waals surface area contributed by atoms with Gasteiger partial charge in [-0.25, -0.2) is 10.6 Å². The Morgan fingerprint density at radius 1 is 1.46 bits per heavy atom. The van der Waals surface area contributed by atoms with Gasteiger partial charge in [-0.15, -0.1) is 0 Å². The Balaban J connectivity index is 4.45. The van der Waals surface area contributed by atoms with Crippen molar-refractivity contribution >= 4 is 11.9 Å². The summed E-state index contributed by atoms with van der Waals surface area (Å²) in [5, 5.41) is 9.29. The lowest BCUT2D eigenvalue weighted by molar-refractivity contribution is -0.141. The molecular formula is C6H12N4O3. The molecule has 0 radical (unpaired) electrons.